The molecule has 3 atom stereocenters. The number of likely N-dealkylation sites (N-methyl/N-ethyl adjacent to an activating group) is 1. The largest absolute Gasteiger partial charge is 0.507 e. The van der Waals surface area contributed by atoms with Crippen LogP contribution in [0.4, 0.5) is 19.0 Å². The van der Waals surface area contributed by atoms with E-state index in [0.29, 0.717) is 18.2 Å². The molecule has 2 bridgehead atoms. The maximum absolute atomic E-state index is 12.8. The number of phenolic OH excluding ortho intramolecular Hbond substituents is 1. The molecule has 1 aromatic heterocycles. The average molecular weight is 409 g/mol. The minimum atomic E-state index is -4.58. The van der Waals surface area contributed by atoms with Gasteiger partial charge in [0, 0.05) is 25.2 Å². The summed E-state index contributed by atoms with van der Waals surface area (Å²) in [6.45, 7) is 0. The van der Waals surface area contributed by atoms with E-state index >= 15 is 0 Å². The molecule has 0 aliphatic carbocycles. The predicted octanol–water partition coefficient (Wildman–Crippen LogP) is 2.60. The Labute approximate surface area is 165 Å². The number of benzene rings is 1. The van der Waals surface area contributed by atoms with Crippen molar-refractivity contribution in [1.29, 1.82) is 0 Å². The van der Waals surface area contributed by atoms with E-state index in [0.717, 1.165) is 37.8 Å². The van der Waals surface area contributed by atoms with Crippen molar-refractivity contribution in [3.63, 3.8) is 0 Å². The summed E-state index contributed by atoms with van der Waals surface area (Å²) in [5.74, 6) is -0.518. The van der Waals surface area contributed by atoms with Gasteiger partial charge in [0.25, 0.3) is 5.56 Å². The van der Waals surface area contributed by atoms with Gasteiger partial charge in [-0.1, -0.05) is 0 Å². The molecule has 3 unspecified atom stereocenters. The molecule has 2 saturated heterocycles. The van der Waals surface area contributed by atoms with Crippen LogP contribution in [0.5, 0.6) is 5.75 Å². The topological polar surface area (TPSA) is 83.3 Å². The summed E-state index contributed by atoms with van der Waals surface area (Å²) in [6.07, 6.45) is -0.380. The monoisotopic (exact) mass is 409 g/mol. The molecule has 0 amide bonds. The number of aromatic hydroxyl groups is 1. The average Bonchev–Trinajstić information content (AvgIpc) is 2.89. The summed E-state index contributed by atoms with van der Waals surface area (Å²) in [5, 5.41) is 21.2. The third-order valence-corrected chi connectivity index (χ3v) is 6.13. The highest BCUT2D eigenvalue weighted by Gasteiger charge is 2.40. The second-order valence-electron chi connectivity index (χ2n) is 7.76. The molecular weight excluding hydrogens is 387 g/mol. The number of hydrogen-bond acceptors (Lipinski definition) is 6. The lowest BCUT2D eigenvalue weighted by Gasteiger charge is -2.37. The standard InChI is InChI=1S/C19H22F3N5O2/c1-26-11-4-7-13(14(26)8-5-11)23-16-18(29)27(2)17(25-24-16)12-6-3-10(9-15(12)28)19(20,21)22/h3,6,9,11,13-14,28H,4-5,7-8H2,1-2H3,(H,23,24). The fraction of sp³-hybridized carbons (Fsp3) is 0.526. The molecule has 2 aromatic rings. The van der Waals surface area contributed by atoms with Gasteiger partial charge >= 0.3 is 6.18 Å². The second-order valence-corrected chi connectivity index (χ2v) is 7.76. The Morgan fingerprint density at radius 2 is 1.86 bits per heavy atom. The molecule has 156 valence electrons. The maximum Gasteiger partial charge on any atom is 0.416 e. The predicted molar refractivity (Wildman–Crippen MR) is 101 cm³/mol. The third kappa shape index (κ3) is 3.45. The number of alkyl halides is 3. The highest BCUT2D eigenvalue weighted by molar-refractivity contribution is 5.65. The summed E-state index contributed by atoms with van der Waals surface area (Å²) in [6, 6.07) is 3.55. The molecule has 2 aliphatic heterocycles. The van der Waals surface area contributed by atoms with Crippen molar-refractivity contribution in [1.82, 2.24) is 19.7 Å². The second kappa shape index (κ2) is 7.01. The van der Waals surface area contributed by atoms with Gasteiger partial charge in [0.2, 0.25) is 5.82 Å². The fourth-order valence-corrected chi connectivity index (χ4v) is 4.47. The van der Waals surface area contributed by atoms with Gasteiger partial charge in [-0.15, -0.1) is 10.2 Å². The first-order chi connectivity index (χ1) is 13.7. The van der Waals surface area contributed by atoms with E-state index in [9.17, 15) is 23.1 Å². The Hall–Kier alpha value is -2.62. The maximum atomic E-state index is 12.8. The van der Waals surface area contributed by atoms with Crippen LogP contribution in [0.25, 0.3) is 11.4 Å². The Morgan fingerprint density at radius 3 is 2.55 bits per heavy atom. The van der Waals surface area contributed by atoms with Gasteiger partial charge in [0.1, 0.15) is 5.75 Å². The minimum Gasteiger partial charge on any atom is -0.507 e. The van der Waals surface area contributed by atoms with Crippen LogP contribution in [0, 0.1) is 0 Å². The van der Waals surface area contributed by atoms with Crippen molar-refractivity contribution in [2.75, 3.05) is 12.4 Å². The molecule has 2 fully saturated rings. The van der Waals surface area contributed by atoms with Crippen molar-refractivity contribution in [3.8, 4) is 17.1 Å². The molecule has 29 heavy (non-hydrogen) atoms. The first-order valence-electron chi connectivity index (χ1n) is 9.49. The van der Waals surface area contributed by atoms with Gasteiger partial charge < -0.3 is 10.4 Å². The molecule has 7 nitrogen and oxygen atoms in total. The molecule has 0 saturated carbocycles. The Balaban J connectivity index is 1.62. The zero-order chi connectivity index (χ0) is 20.9. The van der Waals surface area contributed by atoms with Crippen molar-refractivity contribution in [3.05, 3.63) is 34.1 Å². The number of hydrogen-bond donors (Lipinski definition) is 2. The van der Waals surface area contributed by atoms with Crippen LogP contribution in [0.1, 0.15) is 31.2 Å². The van der Waals surface area contributed by atoms with Gasteiger partial charge in [0.15, 0.2) is 5.82 Å². The first kappa shape index (κ1) is 19.7. The summed E-state index contributed by atoms with van der Waals surface area (Å²) < 4.78 is 39.6. The number of rotatable bonds is 3. The molecule has 0 spiro atoms. The van der Waals surface area contributed by atoms with Gasteiger partial charge in [-0.05, 0) is 50.9 Å². The smallest absolute Gasteiger partial charge is 0.416 e. The van der Waals surface area contributed by atoms with Gasteiger partial charge in [-0.25, -0.2) is 0 Å². The highest BCUT2D eigenvalue weighted by Crippen LogP contribution is 2.36. The van der Waals surface area contributed by atoms with Crippen molar-refractivity contribution in [2.24, 2.45) is 7.05 Å². The van der Waals surface area contributed by atoms with Gasteiger partial charge in [0.05, 0.1) is 11.1 Å². The molecule has 1 aromatic carbocycles. The number of piperidine rings is 1. The van der Waals surface area contributed by atoms with Gasteiger partial charge in [-0.3, -0.25) is 14.3 Å². The zero-order valence-electron chi connectivity index (χ0n) is 16.1. The van der Waals surface area contributed by atoms with Crippen LogP contribution in [0.2, 0.25) is 0 Å². The lowest BCUT2D eigenvalue weighted by Crippen LogP contribution is -2.49. The molecule has 10 heteroatoms. The van der Waals surface area contributed by atoms with E-state index in [-0.39, 0.29) is 23.2 Å². The normalized spacial score (nSPS) is 24.7. The first-order valence-corrected chi connectivity index (χ1v) is 9.49. The Morgan fingerprint density at radius 1 is 1.14 bits per heavy atom. The van der Waals surface area contributed by atoms with E-state index in [2.05, 4.69) is 27.5 Å². The molecule has 3 heterocycles. The number of aromatic nitrogens is 3. The molecular formula is C19H22F3N5O2. The van der Waals surface area contributed by atoms with Crippen LogP contribution >= 0.6 is 0 Å². The number of fused-ring (bicyclic) bond motifs is 2. The van der Waals surface area contributed by atoms with Crippen molar-refractivity contribution in [2.45, 2.75) is 50.0 Å². The van der Waals surface area contributed by atoms with E-state index in [4.69, 9.17) is 0 Å². The quantitative estimate of drug-likeness (QED) is 0.811. The fourth-order valence-electron chi connectivity index (χ4n) is 4.47. The number of nitrogens with zero attached hydrogens (tertiary/aromatic N) is 4. The lowest BCUT2D eigenvalue weighted by molar-refractivity contribution is -0.137. The van der Waals surface area contributed by atoms with Crippen molar-refractivity contribution < 1.29 is 18.3 Å². The minimum absolute atomic E-state index is 0.00605. The highest BCUT2D eigenvalue weighted by atomic mass is 19.4. The van der Waals surface area contributed by atoms with E-state index in [1.165, 1.54) is 11.6 Å². The SMILES string of the molecule is CN1C2CCC(Nc3nnc(-c4ccc(C(F)(F)F)cc4O)n(C)c3=O)C1CC2. The van der Waals surface area contributed by atoms with Crippen LogP contribution < -0.4 is 10.9 Å². The zero-order valence-corrected chi connectivity index (χ0v) is 16.1. The van der Waals surface area contributed by atoms with E-state index < -0.39 is 23.0 Å². The summed E-state index contributed by atoms with van der Waals surface area (Å²) in [7, 11) is 3.55. The van der Waals surface area contributed by atoms with Crippen LogP contribution in [-0.2, 0) is 13.2 Å². The summed E-state index contributed by atoms with van der Waals surface area (Å²) in [4.78, 5) is 15.1. The lowest BCUT2D eigenvalue weighted by atomic mass is 9.98. The molecule has 2 aliphatic rings. The van der Waals surface area contributed by atoms with E-state index in [1.54, 1.807) is 0 Å². The summed E-state index contributed by atoms with van der Waals surface area (Å²) >= 11 is 0. The molecule has 2 N–H and O–H groups in total. The van der Waals surface area contributed by atoms with Gasteiger partial charge in [-0.2, -0.15) is 13.2 Å². The molecule has 4 rings (SSSR count). The Bertz CT molecular complexity index is 991. The van der Waals surface area contributed by atoms with Crippen LogP contribution in [0.15, 0.2) is 23.0 Å². The number of halogens is 3. The summed E-state index contributed by atoms with van der Waals surface area (Å²) in [5.41, 5.74) is -1.42. The van der Waals surface area contributed by atoms with Crippen LogP contribution in [-0.4, -0.2) is 49.9 Å². The third-order valence-electron chi connectivity index (χ3n) is 6.13. The number of anilines is 1. The Kier molecular flexibility index (Phi) is 4.76. The number of nitrogens with one attached hydrogen (secondary N) is 1. The molecule has 0 radical (unpaired) electrons. The van der Waals surface area contributed by atoms with Crippen molar-refractivity contribution >= 4 is 5.82 Å². The number of phenols is 1. The van der Waals surface area contributed by atoms with Crippen LogP contribution in [0.3, 0.4) is 0 Å². The van der Waals surface area contributed by atoms with E-state index in [1.807, 2.05) is 0 Å².